The Bertz CT molecular complexity index is 1340. The van der Waals surface area contributed by atoms with Crippen molar-refractivity contribution in [3.63, 3.8) is 0 Å². The summed E-state index contributed by atoms with van der Waals surface area (Å²) in [5, 5.41) is 9.23. The van der Waals surface area contributed by atoms with Crippen LogP contribution in [0.2, 0.25) is 0 Å². The molecule has 1 aliphatic rings. The minimum absolute atomic E-state index is 0.0754. The number of nitrogens with zero attached hydrogens (tertiary/aromatic N) is 4. The minimum atomic E-state index is -0.146. The first-order chi connectivity index (χ1) is 16.0. The van der Waals surface area contributed by atoms with Crippen molar-refractivity contribution >= 4 is 34.2 Å². The van der Waals surface area contributed by atoms with Crippen molar-refractivity contribution in [1.29, 1.82) is 0 Å². The zero-order chi connectivity index (χ0) is 22.9. The first-order valence-corrected chi connectivity index (χ1v) is 11.9. The van der Waals surface area contributed by atoms with E-state index in [1.54, 1.807) is 4.52 Å². The Morgan fingerprint density at radius 3 is 2.73 bits per heavy atom. The Morgan fingerprint density at radius 2 is 1.91 bits per heavy atom. The van der Waals surface area contributed by atoms with Crippen molar-refractivity contribution in [1.82, 2.24) is 24.9 Å². The lowest BCUT2D eigenvalue weighted by atomic mass is 9.95. The first kappa shape index (κ1) is 21.5. The highest BCUT2D eigenvalue weighted by atomic mass is 32.2. The molecule has 0 radical (unpaired) electrons. The van der Waals surface area contributed by atoms with Gasteiger partial charge >= 0.3 is 0 Å². The van der Waals surface area contributed by atoms with E-state index in [0.29, 0.717) is 24.2 Å². The summed E-state index contributed by atoms with van der Waals surface area (Å²) >= 11 is 1.35. The van der Waals surface area contributed by atoms with E-state index in [0.717, 1.165) is 33.6 Å². The molecule has 1 unspecified atom stereocenters. The second-order valence-electron chi connectivity index (χ2n) is 8.29. The summed E-state index contributed by atoms with van der Waals surface area (Å²) in [6.45, 7) is 7.10. The molecule has 4 aromatic rings. The normalized spacial score (nSPS) is 14.1. The number of rotatable bonds is 6. The zero-order valence-electron chi connectivity index (χ0n) is 18.7. The standard InChI is InChI=1S/C24H25N5O3S/c1-14(2)22(16-8-9-19-20(12-16)32-11-10-31-19)27-21(30)13-33-24-26-18-7-5-4-6-17(18)23-25-15(3)28-29(23)24/h4-9,12,14,22H,10-11,13H2,1-3H3,(H,27,30). The van der Waals surface area contributed by atoms with E-state index in [1.165, 1.54) is 11.8 Å². The van der Waals surface area contributed by atoms with Crippen LogP contribution in [0.5, 0.6) is 11.5 Å². The third-order valence-corrected chi connectivity index (χ3v) is 6.43. The van der Waals surface area contributed by atoms with Crippen LogP contribution >= 0.6 is 11.8 Å². The quantitative estimate of drug-likeness (QED) is 0.342. The Balaban J connectivity index is 1.34. The van der Waals surface area contributed by atoms with Crippen molar-refractivity contribution in [3.05, 3.63) is 53.9 Å². The lowest BCUT2D eigenvalue weighted by Crippen LogP contribution is -2.33. The van der Waals surface area contributed by atoms with Crippen LogP contribution < -0.4 is 14.8 Å². The average Bonchev–Trinajstić information content (AvgIpc) is 3.22. The molecule has 0 saturated heterocycles. The zero-order valence-corrected chi connectivity index (χ0v) is 19.6. The summed E-state index contributed by atoms with van der Waals surface area (Å²) in [5.74, 6) is 2.46. The van der Waals surface area contributed by atoms with Gasteiger partial charge in [-0.25, -0.2) is 9.97 Å². The van der Waals surface area contributed by atoms with Crippen LogP contribution in [0.1, 0.15) is 31.3 Å². The van der Waals surface area contributed by atoms with E-state index >= 15 is 0 Å². The van der Waals surface area contributed by atoms with Crippen LogP contribution in [0.15, 0.2) is 47.6 Å². The third-order valence-electron chi connectivity index (χ3n) is 5.50. The number of carbonyl (C=O) groups is 1. The maximum atomic E-state index is 12.9. The van der Waals surface area contributed by atoms with Crippen LogP contribution in [-0.4, -0.2) is 44.5 Å². The minimum Gasteiger partial charge on any atom is -0.486 e. The van der Waals surface area contributed by atoms with Gasteiger partial charge in [0.2, 0.25) is 5.91 Å². The number of para-hydroxylation sites is 1. The number of hydrogen-bond acceptors (Lipinski definition) is 7. The number of ether oxygens (including phenoxy) is 2. The molecular formula is C24H25N5O3S. The second-order valence-corrected chi connectivity index (χ2v) is 9.23. The number of nitrogens with one attached hydrogen (secondary N) is 1. The molecule has 0 spiro atoms. The molecule has 1 N–H and O–H groups in total. The van der Waals surface area contributed by atoms with Crippen molar-refractivity contribution in [2.75, 3.05) is 19.0 Å². The maximum absolute atomic E-state index is 12.9. The van der Waals surface area contributed by atoms with Crippen LogP contribution in [0.25, 0.3) is 16.6 Å². The number of amides is 1. The van der Waals surface area contributed by atoms with Gasteiger partial charge in [0.1, 0.15) is 19.0 Å². The van der Waals surface area contributed by atoms with Crippen molar-refractivity contribution in [2.45, 2.75) is 32.0 Å². The van der Waals surface area contributed by atoms with E-state index in [9.17, 15) is 4.79 Å². The molecular weight excluding hydrogens is 438 g/mol. The number of hydrogen-bond donors (Lipinski definition) is 1. The summed E-state index contributed by atoms with van der Waals surface area (Å²) < 4.78 is 13.1. The molecule has 0 aliphatic carbocycles. The number of carbonyl (C=O) groups excluding carboxylic acids is 1. The predicted molar refractivity (Wildman–Crippen MR) is 127 cm³/mol. The van der Waals surface area contributed by atoms with E-state index < -0.39 is 0 Å². The number of benzene rings is 2. The lowest BCUT2D eigenvalue weighted by molar-refractivity contribution is -0.119. The fourth-order valence-corrected chi connectivity index (χ4v) is 4.72. The molecule has 33 heavy (non-hydrogen) atoms. The number of aromatic nitrogens is 4. The Morgan fingerprint density at radius 1 is 1.12 bits per heavy atom. The van der Waals surface area contributed by atoms with E-state index in [4.69, 9.17) is 14.5 Å². The van der Waals surface area contributed by atoms with Crippen LogP contribution in [0, 0.1) is 12.8 Å². The Labute approximate surface area is 195 Å². The fourth-order valence-electron chi connectivity index (χ4n) is 3.96. The van der Waals surface area contributed by atoms with Gasteiger partial charge in [0.15, 0.2) is 22.3 Å². The van der Waals surface area contributed by atoms with Crippen LogP contribution in [0.3, 0.4) is 0 Å². The van der Waals surface area contributed by atoms with Gasteiger partial charge in [-0.1, -0.05) is 43.8 Å². The SMILES string of the molecule is Cc1nc2c3ccccc3nc(SCC(=O)NC(c3ccc4c(c3)OCCO4)C(C)C)n2n1. The summed E-state index contributed by atoms with van der Waals surface area (Å²) in [6.07, 6.45) is 0. The number of aryl methyl sites for hydroxylation is 1. The van der Waals surface area contributed by atoms with Crippen molar-refractivity contribution < 1.29 is 14.3 Å². The molecule has 2 aromatic carbocycles. The highest BCUT2D eigenvalue weighted by molar-refractivity contribution is 7.99. The smallest absolute Gasteiger partial charge is 0.230 e. The lowest BCUT2D eigenvalue weighted by Gasteiger charge is -2.25. The van der Waals surface area contributed by atoms with Gasteiger partial charge in [-0.15, -0.1) is 5.10 Å². The van der Waals surface area contributed by atoms with Gasteiger partial charge in [0.05, 0.1) is 17.3 Å². The van der Waals surface area contributed by atoms with Crippen molar-refractivity contribution in [2.24, 2.45) is 5.92 Å². The largest absolute Gasteiger partial charge is 0.486 e. The van der Waals surface area contributed by atoms with Gasteiger partial charge in [-0.05, 0) is 42.7 Å². The molecule has 0 saturated carbocycles. The molecule has 1 aliphatic heterocycles. The summed E-state index contributed by atoms with van der Waals surface area (Å²) in [4.78, 5) is 22.2. The molecule has 5 rings (SSSR count). The second kappa shape index (κ2) is 8.90. The number of thioether (sulfide) groups is 1. The molecule has 0 fully saturated rings. The topological polar surface area (TPSA) is 90.6 Å². The first-order valence-electron chi connectivity index (χ1n) is 10.9. The van der Waals surface area contributed by atoms with Gasteiger partial charge in [-0.2, -0.15) is 4.52 Å². The summed E-state index contributed by atoms with van der Waals surface area (Å²) in [7, 11) is 0. The van der Waals surface area contributed by atoms with Gasteiger partial charge < -0.3 is 14.8 Å². The van der Waals surface area contributed by atoms with Crippen LogP contribution in [0.4, 0.5) is 0 Å². The molecule has 2 aromatic heterocycles. The summed E-state index contributed by atoms with van der Waals surface area (Å²) in [5.41, 5.74) is 2.57. The van der Waals surface area contributed by atoms with E-state index in [-0.39, 0.29) is 23.6 Å². The average molecular weight is 464 g/mol. The molecule has 170 valence electrons. The Kier molecular flexibility index (Phi) is 5.80. The molecule has 1 atom stereocenters. The fraction of sp³-hybridized carbons (Fsp3) is 0.333. The van der Waals surface area contributed by atoms with Gasteiger partial charge in [0.25, 0.3) is 0 Å². The molecule has 9 heteroatoms. The van der Waals surface area contributed by atoms with E-state index in [1.807, 2.05) is 49.4 Å². The van der Waals surface area contributed by atoms with Crippen molar-refractivity contribution in [3.8, 4) is 11.5 Å². The van der Waals surface area contributed by atoms with Gasteiger partial charge in [-0.3, -0.25) is 4.79 Å². The molecule has 8 nitrogen and oxygen atoms in total. The van der Waals surface area contributed by atoms with Gasteiger partial charge in [0, 0.05) is 5.39 Å². The monoisotopic (exact) mass is 463 g/mol. The molecule has 0 bridgehead atoms. The maximum Gasteiger partial charge on any atom is 0.230 e. The number of fused-ring (bicyclic) bond motifs is 4. The van der Waals surface area contributed by atoms with E-state index in [2.05, 4.69) is 29.2 Å². The predicted octanol–water partition coefficient (Wildman–Crippen LogP) is 3.96. The Hall–Kier alpha value is -3.33. The third kappa shape index (κ3) is 4.32. The molecule has 3 heterocycles. The summed E-state index contributed by atoms with van der Waals surface area (Å²) in [6, 6.07) is 13.5. The highest BCUT2D eigenvalue weighted by Crippen LogP contribution is 2.34. The van der Waals surface area contributed by atoms with Crippen LogP contribution in [-0.2, 0) is 4.79 Å². The molecule has 1 amide bonds. The highest BCUT2D eigenvalue weighted by Gasteiger charge is 2.22.